The van der Waals surface area contributed by atoms with Crippen LogP contribution in [0, 0.1) is 5.82 Å². The minimum atomic E-state index is -1.41. The molecule has 2 aromatic carbocycles. The number of carbonyl (C=O) groups is 1. The molecule has 1 amide bonds. The van der Waals surface area contributed by atoms with Gasteiger partial charge in [-0.15, -0.1) is 0 Å². The quantitative estimate of drug-likeness (QED) is 0.248. The highest BCUT2D eigenvalue weighted by Gasteiger charge is 2.58. The van der Waals surface area contributed by atoms with Gasteiger partial charge in [0.15, 0.2) is 0 Å². The summed E-state index contributed by atoms with van der Waals surface area (Å²) in [6.07, 6.45) is 4.39. The minimum absolute atomic E-state index is 0.135. The van der Waals surface area contributed by atoms with Gasteiger partial charge in [-0.3, -0.25) is 9.69 Å². The van der Waals surface area contributed by atoms with Crippen molar-refractivity contribution in [2.24, 2.45) is 0 Å². The number of hydrogen-bond acceptors (Lipinski definition) is 5. The summed E-state index contributed by atoms with van der Waals surface area (Å²) in [7, 11) is 2.11. The van der Waals surface area contributed by atoms with Crippen LogP contribution in [0.15, 0.2) is 71.5 Å². The highest BCUT2D eigenvalue weighted by molar-refractivity contribution is 5.92. The van der Waals surface area contributed by atoms with Gasteiger partial charge >= 0.3 is 0 Å². The second-order valence-corrected chi connectivity index (χ2v) is 11.5. The van der Waals surface area contributed by atoms with Crippen LogP contribution in [0.3, 0.4) is 0 Å². The molecule has 0 radical (unpaired) electrons. The monoisotopic (exact) mass is 542 g/mol. The summed E-state index contributed by atoms with van der Waals surface area (Å²) in [5.41, 5.74) is 3.75. The Bertz CT molecular complexity index is 1570. The molecule has 206 valence electrons. The molecule has 8 heteroatoms. The molecule has 3 heterocycles. The van der Waals surface area contributed by atoms with Gasteiger partial charge in [-0.1, -0.05) is 18.2 Å². The van der Waals surface area contributed by atoms with Crippen LogP contribution in [-0.2, 0) is 29.7 Å². The van der Waals surface area contributed by atoms with Gasteiger partial charge < -0.3 is 15.1 Å². The van der Waals surface area contributed by atoms with Crippen molar-refractivity contribution in [3.8, 4) is 11.1 Å². The number of fused-ring (bicyclic) bond motifs is 1. The predicted molar refractivity (Wildman–Crippen MR) is 152 cm³/mol. The van der Waals surface area contributed by atoms with E-state index in [1.165, 1.54) is 23.5 Å². The molecule has 0 spiro atoms. The zero-order chi connectivity index (χ0) is 28.1. The standard InChI is InChI=1S/C32H32F2N4O2/c1-31(2,34)32(10-11-32)28-15-26(19-40-28)37-30(39)14-21-5-4-20(13-27(21)33)22-7-9-29(35-16-22)36-25-8-6-23-17-38(3)18-24(23)12-25/h4-9,12-13,15-16,19H,10-11,14,17-18H2,1-3H3,(H,35,36)(H,37,39). The van der Waals surface area contributed by atoms with Gasteiger partial charge in [-0.25, -0.2) is 13.8 Å². The Morgan fingerprint density at radius 2 is 1.80 bits per heavy atom. The predicted octanol–water partition coefficient (Wildman–Crippen LogP) is 7.13. The molecule has 4 aromatic rings. The molecule has 1 aliphatic heterocycles. The number of hydrogen-bond donors (Lipinski definition) is 2. The van der Waals surface area contributed by atoms with E-state index in [2.05, 4.69) is 45.8 Å². The molecule has 1 saturated carbocycles. The maximum Gasteiger partial charge on any atom is 0.228 e. The maximum atomic E-state index is 15.0. The van der Waals surface area contributed by atoms with Gasteiger partial charge in [0.25, 0.3) is 0 Å². The lowest BCUT2D eigenvalue weighted by Crippen LogP contribution is -2.31. The fourth-order valence-corrected chi connectivity index (χ4v) is 5.59. The number of anilines is 3. The minimum Gasteiger partial charge on any atom is -0.466 e. The van der Waals surface area contributed by atoms with Gasteiger partial charge in [0.2, 0.25) is 5.91 Å². The first kappa shape index (κ1) is 26.2. The number of alkyl halides is 1. The third kappa shape index (κ3) is 5.11. The van der Waals surface area contributed by atoms with E-state index in [4.69, 9.17) is 4.42 Å². The van der Waals surface area contributed by atoms with Crippen molar-refractivity contribution in [1.29, 1.82) is 0 Å². The molecule has 1 aliphatic carbocycles. The van der Waals surface area contributed by atoms with Crippen LogP contribution in [0.1, 0.15) is 49.1 Å². The maximum absolute atomic E-state index is 15.0. The summed E-state index contributed by atoms with van der Waals surface area (Å²) in [6.45, 7) is 4.99. The first-order valence-corrected chi connectivity index (χ1v) is 13.5. The van der Waals surface area contributed by atoms with Crippen molar-refractivity contribution in [3.05, 3.63) is 95.3 Å². The number of rotatable bonds is 8. The first-order valence-electron chi connectivity index (χ1n) is 13.5. The lowest BCUT2D eigenvalue weighted by atomic mass is 9.87. The van der Waals surface area contributed by atoms with Crippen LogP contribution in [0.25, 0.3) is 11.1 Å². The van der Waals surface area contributed by atoms with E-state index in [0.717, 1.165) is 24.3 Å². The Kier molecular flexibility index (Phi) is 6.45. The topological polar surface area (TPSA) is 70.4 Å². The second kappa shape index (κ2) is 9.86. The fourth-order valence-electron chi connectivity index (χ4n) is 5.59. The molecule has 0 unspecified atom stereocenters. The lowest BCUT2D eigenvalue weighted by molar-refractivity contribution is -0.115. The molecule has 6 rings (SSSR count). The second-order valence-electron chi connectivity index (χ2n) is 11.5. The summed E-state index contributed by atoms with van der Waals surface area (Å²) in [5, 5.41) is 6.07. The number of halogens is 2. The summed E-state index contributed by atoms with van der Waals surface area (Å²) < 4.78 is 35.2. The smallest absolute Gasteiger partial charge is 0.228 e. The number of pyridine rings is 1. The van der Waals surface area contributed by atoms with Crippen LogP contribution in [0.2, 0.25) is 0 Å². The van der Waals surface area contributed by atoms with Crippen molar-refractivity contribution < 1.29 is 18.0 Å². The molecular weight excluding hydrogens is 510 g/mol. The third-order valence-electron chi connectivity index (χ3n) is 8.10. The van der Waals surface area contributed by atoms with Crippen molar-refractivity contribution in [2.45, 2.75) is 57.3 Å². The highest BCUT2D eigenvalue weighted by Crippen LogP contribution is 2.57. The van der Waals surface area contributed by atoms with Crippen LogP contribution >= 0.6 is 0 Å². The average molecular weight is 543 g/mol. The Morgan fingerprint density at radius 3 is 2.50 bits per heavy atom. The first-order chi connectivity index (χ1) is 19.1. The van der Waals surface area contributed by atoms with E-state index in [1.54, 1.807) is 38.2 Å². The van der Waals surface area contributed by atoms with Gasteiger partial charge in [-0.05, 0) is 86.3 Å². The van der Waals surface area contributed by atoms with Crippen LogP contribution in [0.4, 0.5) is 26.0 Å². The number of nitrogens with one attached hydrogen (secondary N) is 2. The van der Waals surface area contributed by atoms with E-state index >= 15 is 0 Å². The van der Waals surface area contributed by atoms with Crippen molar-refractivity contribution in [2.75, 3.05) is 17.7 Å². The molecule has 0 bridgehead atoms. The SMILES string of the molecule is CN1Cc2ccc(Nc3ccc(-c4ccc(CC(=O)Nc5coc(C6(C(C)(C)F)CC6)c5)c(F)c4)cn3)cc2C1. The molecule has 0 saturated heterocycles. The molecule has 0 atom stereocenters. The number of furan rings is 1. The third-order valence-corrected chi connectivity index (χ3v) is 8.10. The normalized spacial score (nSPS) is 16.0. The molecule has 6 nitrogen and oxygen atoms in total. The highest BCUT2D eigenvalue weighted by atomic mass is 19.1. The zero-order valence-corrected chi connectivity index (χ0v) is 22.9. The van der Waals surface area contributed by atoms with E-state index in [-0.39, 0.29) is 17.9 Å². The summed E-state index contributed by atoms with van der Waals surface area (Å²) in [4.78, 5) is 19.4. The van der Waals surface area contributed by atoms with Gasteiger partial charge in [0.1, 0.15) is 29.3 Å². The molecule has 1 fully saturated rings. The molecule has 40 heavy (non-hydrogen) atoms. The van der Waals surface area contributed by atoms with Crippen LogP contribution in [0.5, 0.6) is 0 Å². The van der Waals surface area contributed by atoms with Gasteiger partial charge in [0.05, 0.1) is 17.5 Å². The fraction of sp³-hybridized carbons (Fsp3) is 0.312. The number of carbonyl (C=O) groups excluding carboxylic acids is 1. The Morgan fingerprint density at radius 1 is 1.02 bits per heavy atom. The number of nitrogens with zero attached hydrogens (tertiary/aromatic N) is 2. The number of amides is 1. The molecule has 2 N–H and O–H groups in total. The van der Waals surface area contributed by atoms with Crippen molar-refractivity contribution in [1.82, 2.24) is 9.88 Å². The van der Waals surface area contributed by atoms with Gasteiger partial charge in [0, 0.05) is 36.6 Å². The largest absolute Gasteiger partial charge is 0.466 e. The lowest BCUT2D eigenvalue weighted by Gasteiger charge is -2.24. The molecular formula is C32H32F2N4O2. The Balaban J connectivity index is 1.08. The van der Waals surface area contributed by atoms with Crippen molar-refractivity contribution in [3.63, 3.8) is 0 Å². The van der Waals surface area contributed by atoms with Crippen molar-refractivity contribution >= 4 is 23.1 Å². The van der Waals surface area contributed by atoms with E-state index in [0.29, 0.717) is 35.7 Å². The number of aromatic nitrogens is 1. The van der Waals surface area contributed by atoms with Gasteiger partial charge in [-0.2, -0.15) is 0 Å². The number of benzene rings is 2. The van der Waals surface area contributed by atoms with E-state index in [9.17, 15) is 13.6 Å². The molecule has 2 aliphatic rings. The Hall–Kier alpha value is -4.04. The molecule has 2 aromatic heterocycles. The van der Waals surface area contributed by atoms with Crippen LogP contribution in [-0.4, -0.2) is 28.5 Å². The van der Waals surface area contributed by atoms with E-state index in [1.807, 2.05) is 12.1 Å². The summed E-state index contributed by atoms with van der Waals surface area (Å²) in [6, 6.07) is 16.6. The van der Waals surface area contributed by atoms with Crippen LogP contribution < -0.4 is 10.6 Å². The van der Waals surface area contributed by atoms with E-state index < -0.39 is 16.9 Å². The average Bonchev–Trinajstić information content (AvgIpc) is 3.47. The Labute approximate surface area is 232 Å². The zero-order valence-electron chi connectivity index (χ0n) is 22.9. The summed E-state index contributed by atoms with van der Waals surface area (Å²) in [5.74, 6) is 0.385. The summed E-state index contributed by atoms with van der Waals surface area (Å²) >= 11 is 0.